The fourth-order valence-corrected chi connectivity index (χ4v) is 4.20. The van der Waals surface area contributed by atoms with Crippen LogP contribution in [0.2, 0.25) is 0 Å². The minimum atomic E-state index is -0.181. The number of thiophene rings is 1. The average Bonchev–Trinajstić information content (AvgIpc) is 3.31. The van der Waals surface area contributed by atoms with Crippen LogP contribution in [0.4, 0.5) is 0 Å². The minimum absolute atomic E-state index is 0.181. The Morgan fingerprint density at radius 3 is 2.67 bits per heavy atom. The fraction of sp³-hybridized carbons (Fsp3) is 0.667. The van der Waals surface area contributed by atoms with Gasteiger partial charge >= 0.3 is 0 Å². The summed E-state index contributed by atoms with van der Waals surface area (Å²) >= 11 is 1.63. The van der Waals surface area contributed by atoms with Gasteiger partial charge in [-0.05, 0) is 44.2 Å². The van der Waals surface area contributed by atoms with Crippen molar-refractivity contribution >= 4 is 17.2 Å². The molecule has 1 saturated carbocycles. The molecule has 0 aromatic carbocycles. The Kier molecular flexibility index (Phi) is 5.54. The number of nitrogens with zero attached hydrogens (tertiary/aromatic N) is 4. The van der Waals surface area contributed by atoms with Gasteiger partial charge in [0.15, 0.2) is 0 Å². The molecule has 1 amide bonds. The number of likely N-dealkylation sites (N-methyl/N-ethyl adjacent to an activating group) is 1. The molecule has 0 unspecified atom stereocenters. The van der Waals surface area contributed by atoms with Gasteiger partial charge in [0.2, 0.25) is 5.91 Å². The molecule has 1 aromatic heterocycles. The Labute approximate surface area is 148 Å². The van der Waals surface area contributed by atoms with Crippen molar-refractivity contribution in [3.05, 3.63) is 22.4 Å². The molecule has 2 heterocycles. The predicted molar refractivity (Wildman–Crippen MR) is 95.6 cm³/mol. The highest BCUT2D eigenvalue weighted by Gasteiger charge is 2.32. The Bertz CT molecular complexity index is 585. The average molecular weight is 347 g/mol. The van der Waals surface area contributed by atoms with Crippen LogP contribution in [0.1, 0.15) is 30.7 Å². The lowest BCUT2D eigenvalue weighted by molar-refractivity contribution is -0.134. The number of hydrogen-bond acceptors (Lipinski definition) is 5. The first-order valence-corrected chi connectivity index (χ1v) is 9.63. The number of hydrogen-bond donors (Lipinski definition) is 0. The van der Waals surface area contributed by atoms with E-state index in [0.717, 1.165) is 23.9 Å². The van der Waals surface area contributed by atoms with Crippen LogP contribution >= 0.6 is 11.3 Å². The zero-order valence-electron chi connectivity index (χ0n) is 14.5. The van der Waals surface area contributed by atoms with E-state index in [1.54, 1.807) is 11.3 Å². The highest BCUT2D eigenvalue weighted by Crippen LogP contribution is 2.34. The molecule has 2 aliphatic rings. The molecule has 130 valence electrons. The summed E-state index contributed by atoms with van der Waals surface area (Å²) in [6.45, 7) is 5.70. The van der Waals surface area contributed by atoms with E-state index in [1.807, 2.05) is 22.4 Å². The van der Waals surface area contributed by atoms with Crippen LogP contribution in [0.5, 0.6) is 0 Å². The van der Waals surface area contributed by atoms with Gasteiger partial charge in [-0.2, -0.15) is 5.26 Å². The third-order valence-electron chi connectivity index (χ3n) is 5.35. The van der Waals surface area contributed by atoms with Gasteiger partial charge in [0, 0.05) is 37.1 Å². The van der Waals surface area contributed by atoms with Crippen molar-refractivity contribution in [2.24, 2.45) is 5.92 Å². The predicted octanol–water partition coefficient (Wildman–Crippen LogP) is 2.19. The van der Waals surface area contributed by atoms with E-state index >= 15 is 0 Å². The van der Waals surface area contributed by atoms with E-state index < -0.39 is 0 Å². The lowest BCUT2D eigenvalue weighted by atomic mass is 10.1. The first-order valence-electron chi connectivity index (χ1n) is 8.75. The Hall–Kier alpha value is -1.42. The van der Waals surface area contributed by atoms with Crippen molar-refractivity contribution in [3.63, 3.8) is 0 Å². The Balaban J connectivity index is 1.49. The molecule has 2 atom stereocenters. The van der Waals surface area contributed by atoms with Crippen LogP contribution in [-0.2, 0) is 4.79 Å². The maximum atomic E-state index is 12.5. The molecule has 0 N–H and O–H groups in total. The van der Waals surface area contributed by atoms with Crippen LogP contribution in [0.25, 0.3) is 0 Å². The molecule has 1 aliphatic carbocycles. The summed E-state index contributed by atoms with van der Waals surface area (Å²) in [5.41, 5.74) is 0. The van der Waals surface area contributed by atoms with Gasteiger partial charge in [0.05, 0.1) is 12.6 Å². The normalized spacial score (nSPS) is 21.5. The first-order chi connectivity index (χ1) is 11.6. The third-order valence-corrected chi connectivity index (χ3v) is 6.28. The summed E-state index contributed by atoms with van der Waals surface area (Å²) in [4.78, 5) is 20.0. The van der Waals surface area contributed by atoms with Crippen molar-refractivity contribution in [3.8, 4) is 6.07 Å². The number of piperazine rings is 1. The van der Waals surface area contributed by atoms with Crippen molar-refractivity contribution < 1.29 is 4.79 Å². The number of amides is 1. The zero-order chi connectivity index (χ0) is 17.1. The fourth-order valence-electron chi connectivity index (χ4n) is 3.40. The minimum Gasteiger partial charge on any atom is -0.339 e. The van der Waals surface area contributed by atoms with Crippen molar-refractivity contribution in [1.29, 1.82) is 5.26 Å². The van der Waals surface area contributed by atoms with Crippen molar-refractivity contribution in [2.75, 3.05) is 39.8 Å². The smallest absolute Gasteiger partial charge is 0.236 e. The SMILES string of the molecule is C[C@H](C1CC1)N(C)CC(=O)N1CCN([C@H](C#N)c2cccs2)CC1. The lowest BCUT2D eigenvalue weighted by Crippen LogP contribution is -2.52. The topological polar surface area (TPSA) is 50.6 Å². The molecule has 6 heteroatoms. The second kappa shape index (κ2) is 7.64. The van der Waals surface area contributed by atoms with Crippen LogP contribution in [0.15, 0.2) is 17.5 Å². The molecule has 3 rings (SSSR count). The highest BCUT2D eigenvalue weighted by molar-refractivity contribution is 7.10. The zero-order valence-corrected chi connectivity index (χ0v) is 15.3. The van der Waals surface area contributed by atoms with Crippen LogP contribution in [-0.4, -0.2) is 66.4 Å². The van der Waals surface area contributed by atoms with E-state index in [2.05, 4.69) is 29.8 Å². The van der Waals surface area contributed by atoms with E-state index in [9.17, 15) is 10.1 Å². The molecule has 0 spiro atoms. The maximum absolute atomic E-state index is 12.5. The van der Waals surface area contributed by atoms with Gasteiger partial charge in [-0.25, -0.2) is 0 Å². The van der Waals surface area contributed by atoms with E-state index in [4.69, 9.17) is 0 Å². The molecule has 24 heavy (non-hydrogen) atoms. The summed E-state index contributed by atoms with van der Waals surface area (Å²) in [5, 5.41) is 11.5. The molecular formula is C18H26N4OS. The third kappa shape index (κ3) is 3.97. The van der Waals surface area contributed by atoms with Gasteiger partial charge in [-0.15, -0.1) is 11.3 Å². The highest BCUT2D eigenvalue weighted by atomic mass is 32.1. The van der Waals surface area contributed by atoms with Crippen LogP contribution < -0.4 is 0 Å². The first kappa shape index (κ1) is 17.4. The summed E-state index contributed by atoms with van der Waals surface area (Å²) in [5.74, 6) is 0.996. The number of carbonyl (C=O) groups is 1. The van der Waals surface area contributed by atoms with Gasteiger partial charge in [0.1, 0.15) is 6.04 Å². The Morgan fingerprint density at radius 2 is 2.12 bits per heavy atom. The van der Waals surface area contributed by atoms with Crippen molar-refractivity contribution in [1.82, 2.24) is 14.7 Å². The summed E-state index contributed by atoms with van der Waals surface area (Å²) in [6, 6.07) is 6.73. The number of rotatable bonds is 6. The quantitative estimate of drug-likeness (QED) is 0.792. The van der Waals surface area contributed by atoms with Gasteiger partial charge in [-0.1, -0.05) is 6.07 Å². The molecule has 2 fully saturated rings. The number of carbonyl (C=O) groups excluding carboxylic acids is 1. The molecule has 0 radical (unpaired) electrons. The van der Waals surface area contributed by atoms with Crippen LogP contribution in [0, 0.1) is 17.2 Å². The largest absolute Gasteiger partial charge is 0.339 e. The standard InChI is InChI=1S/C18H26N4OS/c1-14(15-5-6-15)20(2)13-18(23)22-9-7-21(8-10-22)16(12-19)17-4-3-11-24-17/h3-4,11,14-16H,5-10,13H2,1-2H3/t14-,16-/m1/s1. The maximum Gasteiger partial charge on any atom is 0.236 e. The summed E-state index contributed by atoms with van der Waals surface area (Å²) < 4.78 is 0. The molecule has 1 aromatic rings. The summed E-state index contributed by atoms with van der Waals surface area (Å²) in [6.07, 6.45) is 2.60. The number of nitriles is 1. The van der Waals surface area contributed by atoms with Crippen molar-refractivity contribution in [2.45, 2.75) is 31.8 Å². The van der Waals surface area contributed by atoms with Gasteiger partial charge < -0.3 is 4.90 Å². The van der Waals surface area contributed by atoms with E-state index in [-0.39, 0.29) is 11.9 Å². The molecule has 5 nitrogen and oxygen atoms in total. The lowest BCUT2D eigenvalue weighted by Gasteiger charge is -2.37. The van der Waals surface area contributed by atoms with Gasteiger partial charge in [-0.3, -0.25) is 14.6 Å². The monoisotopic (exact) mass is 346 g/mol. The van der Waals surface area contributed by atoms with E-state index in [0.29, 0.717) is 25.7 Å². The molecule has 0 bridgehead atoms. The molecule has 1 saturated heterocycles. The molecular weight excluding hydrogens is 320 g/mol. The second-order valence-electron chi connectivity index (χ2n) is 6.96. The van der Waals surface area contributed by atoms with E-state index in [1.165, 1.54) is 12.8 Å². The Morgan fingerprint density at radius 1 is 1.42 bits per heavy atom. The second-order valence-corrected chi connectivity index (χ2v) is 7.94. The van der Waals surface area contributed by atoms with Gasteiger partial charge in [0.25, 0.3) is 0 Å². The van der Waals surface area contributed by atoms with Crippen LogP contribution in [0.3, 0.4) is 0 Å². The molecule has 1 aliphatic heterocycles. The summed E-state index contributed by atoms with van der Waals surface area (Å²) in [7, 11) is 2.06.